The summed E-state index contributed by atoms with van der Waals surface area (Å²) < 4.78 is 7.47. The monoisotopic (exact) mass is 776 g/mol. The molecular weight excluding hydrogens is 725 g/mol. The fraction of sp³-hybridized carbons (Fsp3) is 0.706. The number of urea groups is 1. The molecule has 0 bridgehead atoms. The van der Waals surface area contributed by atoms with Gasteiger partial charge in [0.2, 0.25) is 5.91 Å². The number of carboxylic acids is 1. The maximum absolute atomic E-state index is 12.1. The number of amides is 3. The van der Waals surface area contributed by atoms with Crippen LogP contribution in [0, 0.1) is 0 Å². The van der Waals surface area contributed by atoms with E-state index in [0.717, 1.165) is 63.7 Å². The van der Waals surface area contributed by atoms with Crippen LogP contribution in [0.3, 0.4) is 0 Å². The van der Waals surface area contributed by atoms with Crippen molar-refractivity contribution in [3.05, 3.63) is 12.7 Å². The lowest BCUT2D eigenvalue weighted by atomic mass is 10.0. The molecule has 17 nitrogen and oxygen atoms in total. The SMILES string of the molecule is Nc1ncnc2c1ncn2[C@@H]1O[C@H](CSCC[C@H](N=CCCCC=NCCCCCNC(=O)CCCC[C@@H]2SC[C@@H]3NC(=O)N[C@@H]32)C(=O)O)[C@@H](O)[C@H]1O. The first-order valence-electron chi connectivity index (χ1n) is 18.4. The van der Waals surface area contributed by atoms with Gasteiger partial charge in [-0.25, -0.2) is 24.5 Å². The lowest BCUT2D eigenvalue weighted by molar-refractivity contribution is -0.138. The number of fused-ring (bicyclic) bond motifs is 2. The van der Waals surface area contributed by atoms with Crippen LogP contribution in [0.5, 0.6) is 0 Å². The Balaban J connectivity index is 0.843. The molecule has 0 radical (unpaired) electrons. The number of thioether (sulfide) groups is 2. The quantitative estimate of drug-likeness (QED) is 0.0485. The van der Waals surface area contributed by atoms with Crippen molar-refractivity contribution in [3.8, 4) is 0 Å². The van der Waals surface area contributed by atoms with Crippen molar-refractivity contribution in [2.24, 2.45) is 9.98 Å². The highest BCUT2D eigenvalue weighted by molar-refractivity contribution is 8.00. The van der Waals surface area contributed by atoms with Crippen LogP contribution in [0.25, 0.3) is 11.2 Å². The number of nitrogen functional groups attached to an aromatic ring is 1. The molecular formula is C34H52N10O7S2. The number of nitrogens with zero attached hydrogens (tertiary/aromatic N) is 6. The van der Waals surface area contributed by atoms with E-state index in [2.05, 4.69) is 40.9 Å². The Hall–Kier alpha value is -3.52. The van der Waals surface area contributed by atoms with Gasteiger partial charge in [0.05, 0.1) is 24.5 Å². The van der Waals surface area contributed by atoms with Gasteiger partial charge < -0.3 is 41.7 Å². The molecule has 8 N–H and O–H groups in total. The second-order valence-electron chi connectivity index (χ2n) is 13.5. The Labute approximate surface area is 317 Å². The number of ether oxygens (including phenoxy) is 1. The Morgan fingerprint density at radius 3 is 2.81 bits per heavy atom. The van der Waals surface area contributed by atoms with Crippen LogP contribution in [0.2, 0.25) is 0 Å². The molecule has 5 rings (SSSR count). The predicted molar refractivity (Wildman–Crippen MR) is 206 cm³/mol. The van der Waals surface area contributed by atoms with Crippen molar-refractivity contribution in [2.75, 3.05) is 36.1 Å². The highest BCUT2D eigenvalue weighted by Gasteiger charge is 2.44. The number of aliphatic imine (C=N–C) groups is 2. The number of hydrogen-bond donors (Lipinski definition) is 7. The molecule has 5 heterocycles. The van der Waals surface area contributed by atoms with Crippen LogP contribution < -0.4 is 21.7 Å². The molecule has 0 spiro atoms. The molecule has 2 aromatic rings. The van der Waals surface area contributed by atoms with Crippen molar-refractivity contribution in [1.82, 2.24) is 35.5 Å². The van der Waals surface area contributed by atoms with Crippen LogP contribution in [-0.4, -0.2) is 137 Å². The third-order valence-electron chi connectivity index (χ3n) is 9.55. The summed E-state index contributed by atoms with van der Waals surface area (Å²) in [6.07, 6.45) is 11.2. The zero-order valence-electron chi connectivity index (χ0n) is 29.8. The highest BCUT2D eigenvalue weighted by Crippen LogP contribution is 2.34. The largest absolute Gasteiger partial charge is 0.480 e. The minimum Gasteiger partial charge on any atom is -0.480 e. The molecule has 19 heteroatoms. The number of nitrogens with two attached hydrogens (primary N) is 1. The minimum atomic E-state index is -1.21. The van der Waals surface area contributed by atoms with E-state index in [4.69, 9.17) is 10.5 Å². The van der Waals surface area contributed by atoms with Gasteiger partial charge in [-0.15, -0.1) is 0 Å². The number of unbranched alkanes of at least 4 members (excludes halogenated alkanes) is 5. The number of aliphatic hydroxyl groups excluding tert-OH is 2. The number of nitrogens with one attached hydrogen (secondary N) is 3. The second-order valence-corrected chi connectivity index (χ2v) is 15.9. The van der Waals surface area contributed by atoms with Crippen molar-refractivity contribution >= 4 is 70.8 Å². The van der Waals surface area contributed by atoms with Gasteiger partial charge in [0.25, 0.3) is 0 Å². The molecule has 0 aromatic carbocycles. The van der Waals surface area contributed by atoms with E-state index in [1.165, 1.54) is 29.0 Å². The highest BCUT2D eigenvalue weighted by atomic mass is 32.2. The van der Waals surface area contributed by atoms with Gasteiger partial charge in [-0.3, -0.25) is 19.3 Å². The number of aromatic nitrogens is 4. The first-order valence-corrected chi connectivity index (χ1v) is 20.6. The zero-order valence-corrected chi connectivity index (χ0v) is 31.4. The first kappa shape index (κ1) is 40.7. The van der Waals surface area contributed by atoms with Gasteiger partial charge in [0.15, 0.2) is 17.7 Å². The molecule has 8 atom stereocenters. The smallest absolute Gasteiger partial charge is 0.328 e. The minimum absolute atomic E-state index is 0.0631. The van der Waals surface area contributed by atoms with E-state index in [9.17, 15) is 29.7 Å². The number of hydrogen-bond acceptors (Lipinski definition) is 14. The number of rotatable bonds is 23. The number of anilines is 1. The molecule has 2 aromatic heterocycles. The summed E-state index contributed by atoms with van der Waals surface area (Å²) >= 11 is 3.33. The third kappa shape index (κ3) is 11.7. The summed E-state index contributed by atoms with van der Waals surface area (Å²) in [4.78, 5) is 56.4. The molecule has 3 amide bonds. The standard InChI is InChI=1S/C34H52N10O7S2/c35-30-27-31(40-19-39-30)44(20-41-27)32-29(47)28(46)23(51-32)18-52-16-11-21(33(48)49)37-14-7-1-5-12-36-13-6-2-8-15-38-25(45)10-4-3-9-24-26-22(17-53-24)42-34(50)43-26/h12,14,19-24,26,28-29,32,46-47H,1-11,13,15-18H2,(H,38,45)(H,48,49)(H2,35,39,40)(H2,42,43,50)/t21-,22-,23+,24-,26-,28+,29+,32+/m0/s1. The van der Waals surface area contributed by atoms with Gasteiger partial charge >= 0.3 is 12.0 Å². The fourth-order valence-electron chi connectivity index (χ4n) is 6.59. The van der Waals surface area contributed by atoms with Gasteiger partial charge in [0, 0.05) is 36.3 Å². The van der Waals surface area contributed by atoms with Gasteiger partial charge in [-0.2, -0.15) is 23.5 Å². The topological polar surface area (TPSA) is 252 Å². The number of carbonyl (C=O) groups excluding carboxylic acids is 2. The molecule has 0 aliphatic carbocycles. The maximum atomic E-state index is 12.1. The van der Waals surface area contributed by atoms with Crippen LogP contribution in [0.4, 0.5) is 10.6 Å². The Morgan fingerprint density at radius 2 is 1.96 bits per heavy atom. The van der Waals surface area contributed by atoms with E-state index in [0.29, 0.717) is 53.7 Å². The number of carbonyl (C=O) groups is 3. The second kappa shape index (κ2) is 20.8. The molecule has 3 fully saturated rings. The van der Waals surface area contributed by atoms with Crippen LogP contribution >= 0.6 is 23.5 Å². The summed E-state index contributed by atoms with van der Waals surface area (Å²) in [6.45, 7) is 1.42. The van der Waals surface area contributed by atoms with Gasteiger partial charge in [-0.05, 0) is 76.0 Å². The average molecular weight is 777 g/mol. The van der Waals surface area contributed by atoms with Crippen molar-refractivity contribution in [3.63, 3.8) is 0 Å². The Bertz CT molecular complexity index is 1560. The molecule has 0 unspecified atom stereocenters. The summed E-state index contributed by atoms with van der Waals surface area (Å²) in [7, 11) is 0. The van der Waals surface area contributed by atoms with Crippen molar-refractivity contribution in [2.45, 2.75) is 119 Å². The summed E-state index contributed by atoms with van der Waals surface area (Å²) in [5.74, 6) is 1.11. The summed E-state index contributed by atoms with van der Waals surface area (Å²) in [5, 5.41) is 40.3. The van der Waals surface area contributed by atoms with Gasteiger partial charge in [0.1, 0.15) is 30.1 Å². The number of imidazole rings is 1. The number of aliphatic hydroxyl groups is 2. The normalized spacial score (nSPS) is 26.0. The molecule has 3 saturated heterocycles. The van der Waals surface area contributed by atoms with Gasteiger partial charge in [-0.1, -0.05) is 6.42 Å². The maximum Gasteiger partial charge on any atom is 0.328 e. The molecule has 3 aliphatic heterocycles. The van der Waals surface area contributed by atoms with E-state index < -0.39 is 36.6 Å². The predicted octanol–water partition coefficient (Wildman–Crippen LogP) is 1.93. The third-order valence-corrected chi connectivity index (χ3v) is 12.1. The lowest BCUT2D eigenvalue weighted by Crippen LogP contribution is -2.36. The average Bonchev–Trinajstić information content (AvgIpc) is 3.90. The van der Waals surface area contributed by atoms with E-state index >= 15 is 0 Å². The van der Waals surface area contributed by atoms with Crippen LogP contribution in [0.15, 0.2) is 22.6 Å². The summed E-state index contributed by atoms with van der Waals surface area (Å²) in [6, 6.07) is -0.461. The Morgan fingerprint density at radius 1 is 1.11 bits per heavy atom. The molecule has 3 aliphatic rings. The number of aliphatic carboxylic acids is 1. The van der Waals surface area contributed by atoms with E-state index in [1.807, 2.05) is 18.0 Å². The molecule has 53 heavy (non-hydrogen) atoms. The first-order chi connectivity index (χ1) is 25.7. The van der Waals surface area contributed by atoms with Crippen LogP contribution in [-0.2, 0) is 14.3 Å². The lowest BCUT2D eigenvalue weighted by Gasteiger charge is -2.16. The summed E-state index contributed by atoms with van der Waals surface area (Å²) in [5.41, 5.74) is 6.61. The van der Waals surface area contributed by atoms with E-state index in [-0.39, 0.29) is 29.8 Å². The molecule has 0 saturated carbocycles. The fourth-order valence-corrected chi connectivity index (χ4v) is 9.20. The van der Waals surface area contributed by atoms with E-state index in [1.54, 1.807) is 6.21 Å². The molecule has 292 valence electrons. The zero-order chi connectivity index (χ0) is 37.6. The van der Waals surface area contributed by atoms with Crippen LogP contribution in [0.1, 0.15) is 76.9 Å². The van der Waals surface area contributed by atoms with Crippen molar-refractivity contribution in [1.29, 1.82) is 0 Å². The van der Waals surface area contributed by atoms with Crippen molar-refractivity contribution < 1.29 is 34.4 Å². The number of carboxylic acid groups (broad SMARTS) is 1. The Kier molecular flexibility index (Phi) is 16.0.